The number of benzene rings is 1. The molecule has 1 atom stereocenters. The van der Waals surface area contributed by atoms with Gasteiger partial charge in [-0.25, -0.2) is 14.6 Å². The number of rotatable bonds is 10. The summed E-state index contributed by atoms with van der Waals surface area (Å²) in [5, 5.41) is 11.9. The predicted molar refractivity (Wildman–Crippen MR) is 139 cm³/mol. The van der Waals surface area contributed by atoms with Gasteiger partial charge in [0, 0.05) is 51.0 Å². The van der Waals surface area contributed by atoms with Crippen molar-refractivity contribution in [3.63, 3.8) is 0 Å². The fourth-order valence-electron chi connectivity index (χ4n) is 4.18. The number of piperazine rings is 1. The van der Waals surface area contributed by atoms with Crippen molar-refractivity contribution >= 4 is 23.7 Å². The second-order valence-corrected chi connectivity index (χ2v) is 9.45. The third-order valence-corrected chi connectivity index (χ3v) is 6.38. The summed E-state index contributed by atoms with van der Waals surface area (Å²) in [5.41, 5.74) is 1.31. The van der Waals surface area contributed by atoms with E-state index in [1.54, 1.807) is 32.2 Å². The first-order chi connectivity index (χ1) is 17.3. The van der Waals surface area contributed by atoms with Crippen LogP contribution in [0, 0.1) is 5.92 Å². The van der Waals surface area contributed by atoms with E-state index in [4.69, 9.17) is 0 Å². The Balaban J connectivity index is 1.61. The van der Waals surface area contributed by atoms with E-state index >= 15 is 0 Å². The van der Waals surface area contributed by atoms with Crippen LogP contribution < -0.4 is 10.2 Å². The van der Waals surface area contributed by atoms with Crippen molar-refractivity contribution < 1.29 is 19.5 Å². The zero-order chi connectivity index (χ0) is 26.1. The van der Waals surface area contributed by atoms with Crippen LogP contribution in [0.1, 0.15) is 49.5 Å². The summed E-state index contributed by atoms with van der Waals surface area (Å²) < 4.78 is 0. The van der Waals surface area contributed by atoms with Gasteiger partial charge in [-0.2, -0.15) is 0 Å². The maximum atomic E-state index is 13.4. The maximum absolute atomic E-state index is 13.4. The molecule has 36 heavy (non-hydrogen) atoms. The van der Waals surface area contributed by atoms with E-state index in [9.17, 15) is 19.5 Å². The van der Waals surface area contributed by atoms with Crippen LogP contribution in [0.4, 0.5) is 10.6 Å². The molecule has 2 aromatic rings. The minimum atomic E-state index is -1.05. The topological polar surface area (TPSA) is 106 Å². The number of urea groups is 1. The zero-order valence-electron chi connectivity index (χ0n) is 21.4. The molecule has 194 valence electrons. The highest BCUT2D eigenvalue weighted by molar-refractivity contribution is 5.96. The Morgan fingerprint density at radius 3 is 2.31 bits per heavy atom. The van der Waals surface area contributed by atoms with E-state index in [1.807, 2.05) is 40.1 Å². The molecule has 2 heterocycles. The minimum Gasteiger partial charge on any atom is -0.480 e. The lowest BCUT2D eigenvalue weighted by atomic mass is 10.0. The van der Waals surface area contributed by atoms with Gasteiger partial charge in [0.15, 0.2) is 0 Å². The number of aromatic nitrogens is 1. The van der Waals surface area contributed by atoms with E-state index in [0.717, 1.165) is 37.3 Å². The van der Waals surface area contributed by atoms with Crippen molar-refractivity contribution in [2.24, 2.45) is 5.92 Å². The molecule has 1 aliphatic rings. The third kappa shape index (κ3) is 7.19. The van der Waals surface area contributed by atoms with E-state index in [1.165, 1.54) is 0 Å². The second-order valence-electron chi connectivity index (χ2n) is 9.45. The van der Waals surface area contributed by atoms with E-state index in [-0.39, 0.29) is 11.9 Å². The van der Waals surface area contributed by atoms with E-state index in [0.29, 0.717) is 31.7 Å². The monoisotopic (exact) mass is 495 g/mol. The summed E-state index contributed by atoms with van der Waals surface area (Å²) in [5.74, 6) is -0.775. The molecular weight excluding hydrogens is 458 g/mol. The number of carboxylic acids is 1. The van der Waals surface area contributed by atoms with Crippen molar-refractivity contribution in [3.05, 3.63) is 59.8 Å². The van der Waals surface area contributed by atoms with E-state index < -0.39 is 17.9 Å². The Morgan fingerprint density at radius 2 is 1.75 bits per heavy atom. The van der Waals surface area contributed by atoms with Crippen molar-refractivity contribution in [2.75, 3.05) is 37.6 Å². The Bertz CT molecular complexity index is 1000. The molecule has 2 N–H and O–H groups in total. The normalized spacial score (nSPS) is 14.4. The highest BCUT2D eigenvalue weighted by atomic mass is 16.4. The summed E-state index contributed by atoms with van der Waals surface area (Å²) in [4.78, 5) is 47.7. The smallest absolute Gasteiger partial charge is 0.326 e. The summed E-state index contributed by atoms with van der Waals surface area (Å²) in [6.45, 7) is 9.46. The van der Waals surface area contributed by atoms with Gasteiger partial charge >= 0.3 is 12.0 Å². The molecule has 1 saturated heterocycles. The molecular formula is C27H37N5O4. The summed E-state index contributed by atoms with van der Waals surface area (Å²) in [6.07, 6.45) is 3.67. The van der Waals surface area contributed by atoms with Crippen molar-refractivity contribution in [3.8, 4) is 0 Å². The number of amides is 3. The number of pyridine rings is 1. The minimum absolute atomic E-state index is 0.0205. The SMILES string of the molecule is CCCCN(Cc1ccc(C(=O)N[C@H](C(=O)O)C(C)C)cc1)C(=O)N1CCN(c2ccccn2)CC1. The molecule has 1 aromatic heterocycles. The number of hydrogen-bond donors (Lipinski definition) is 2. The van der Waals surface area contributed by atoms with Crippen molar-refractivity contribution in [1.82, 2.24) is 20.1 Å². The van der Waals surface area contributed by atoms with Gasteiger partial charge in [0.2, 0.25) is 0 Å². The van der Waals surface area contributed by atoms with Gasteiger partial charge in [0.1, 0.15) is 11.9 Å². The van der Waals surface area contributed by atoms with Gasteiger partial charge in [-0.05, 0) is 42.2 Å². The Labute approximate surface area is 213 Å². The second kappa shape index (κ2) is 12.9. The summed E-state index contributed by atoms with van der Waals surface area (Å²) in [6, 6.07) is 11.9. The number of carbonyl (C=O) groups excluding carboxylic acids is 2. The van der Waals surface area contributed by atoms with Crippen LogP contribution in [-0.4, -0.2) is 76.6 Å². The van der Waals surface area contributed by atoms with Gasteiger partial charge in [-0.3, -0.25) is 4.79 Å². The Kier molecular flexibility index (Phi) is 9.67. The Hall–Kier alpha value is -3.62. The lowest BCUT2D eigenvalue weighted by molar-refractivity contribution is -0.140. The molecule has 1 fully saturated rings. The number of carboxylic acid groups (broad SMARTS) is 1. The molecule has 1 aromatic carbocycles. The van der Waals surface area contributed by atoms with Crippen LogP contribution in [0.5, 0.6) is 0 Å². The van der Waals surface area contributed by atoms with E-state index in [2.05, 4.69) is 22.1 Å². The summed E-state index contributed by atoms with van der Waals surface area (Å²) in [7, 11) is 0. The molecule has 0 radical (unpaired) electrons. The Morgan fingerprint density at radius 1 is 1.06 bits per heavy atom. The quantitative estimate of drug-likeness (QED) is 0.523. The van der Waals surface area contributed by atoms with Gasteiger partial charge < -0.3 is 25.1 Å². The molecule has 0 spiro atoms. The average Bonchev–Trinajstić information content (AvgIpc) is 2.89. The fraction of sp³-hybridized carbons (Fsp3) is 0.481. The first-order valence-electron chi connectivity index (χ1n) is 12.6. The first-order valence-corrected chi connectivity index (χ1v) is 12.6. The predicted octanol–water partition coefficient (Wildman–Crippen LogP) is 3.46. The molecule has 3 rings (SSSR count). The standard InChI is InChI=1S/C27H37N5O4/c1-4-5-14-32(27(36)31-17-15-30(16-18-31)23-8-6-7-13-28-23)19-21-9-11-22(12-10-21)25(33)29-24(20(2)3)26(34)35/h6-13,20,24H,4-5,14-19H2,1-3H3,(H,29,33)(H,34,35)/t24-/m0/s1. The largest absolute Gasteiger partial charge is 0.480 e. The fourth-order valence-corrected chi connectivity index (χ4v) is 4.18. The number of nitrogens with one attached hydrogen (secondary N) is 1. The molecule has 0 saturated carbocycles. The molecule has 9 heteroatoms. The highest BCUT2D eigenvalue weighted by Gasteiger charge is 2.26. The highest BCUT2D eigenvalue weighted by Crippen LogP contribution is 2.16. The first kappa shape index (κ1) is 27.0. The number of nitrogens with zero attached hydrogens (tertiary/aromatic N) is 4. The number of hydrogen-bond acceptors (Lipinski definition) is 5. The summed E-state index contributed by atoms with van der Waals surface area (Å²) >= 11 is 0. The van der Waals surface area contributed by atoms with Crippen LogP contribution in [-0.2, 0) is 11.3 Å². The van der Waals surface area contributed by atoms with Gasteiger partial charge in [0.05, 0.1) is 0 Å². The van der Waals surface area contributed by atoms with Crippen LogP contribution in [0.3, 0.4) is 0 Å². The lowest BCUT2D eigenvalue weighted by Gasteiger charge is -2.38. The third-order valence-electron chi connectivity index (χ3n) is 6.38. The molecule has 0 bridgehead atoms. The number of anilines is 1. The van der Waals surface area contributed by atoms with Crippen molar-refractivity contribution in [1.29, 1.82) is 0 Å². The number of carbonyl (C=O) groups is 3. The van der Waals surface area contributed by atoms with Gasteiger partial charge in [-0.15, -0.1) is 0 Å². The lowest BCUT2D eigenvalue weighted by Crippen LogP contribution is -2.53. The average molecular weight is 496 g/mol. The van der Waals surface area contributed by atoms with Crippen LogP contribution in [0.2, 0.25) is 0 Å². The molecule has 1 aliphatic heterocycles. The molecule has 0 unspecified atom stereocenters. The molecule has 9 nitrogen and oxygen atoms in total. The van der Waals surface area contributed by atoms with Crippen LogP contribution >= 0.6 is 0 Å². The van der Waals surface area contributed by atoms with Crippen molar-refractivity contribution in [2.45, 2.75) is 46.2 Å². The van der Waals surface area contributed by atoms with Crippen LogP contribution in [0.25, 0.3) is 0 Å². The maximum Gasteiger partial charge on any atom is 0.326 e. The molecule has 0 aliphatic carbocycles. The number of aliphatic carboxylic acids is 1. The number of unbranched alkanes of at least 4 members (excludes halogenated alkanes) is 1. The van der Waals surface area contributed by atoms with Gasteiger partial charge in [-0.1, -0.05) is 45.4 Å². The van der Waals surface area contributed by atoms with Gasteiger partial charge in [0.25, 0.3) is 5.91 Å². The zero-order valence-corrected chi connectivity index (χ0v) is 21.4. The molecule has 3 amide bonds. The van der Waals surface area contributed by atoms with Crippen LogP contribution in [0.15, 0.2) is 48.7 Å².